The Morgan fingerprint density at radius 2 is 1.81 bits per heavy atom. The molecular formula is C23H27N3O4S2. The first-order valence-corrected chi connectivity index (χ1v) is 12.8. The van der Waals surface area contributed by atoms with Crippen molar-refractivity contribution in [3.05, 3.63) is 53.5 Å². The summed E-state index contributed by atoms with van der Waals surface area (Å²) in [5.41, 5.74) is 0.942. The molecule has 1 aliphatic rings. The number of carbonyl (C=O) groups excluding carboxylic acids is 1. The maximum atomic E-state index is 13.1. The van der Waals surface area contributed by atoms with E-state index in [0.717, 1.165) is 15.2 Å². The average molecular weight is 474 g/mol. The van der Waals surface area contributed by atoms with Gasteiger partial charge >= 0.3 is 0 Å². The molecule has 1 unspecified atom stereocenters. The molecule has 1 aliphatic heterocycles. The topological polar surface area (TPSA) is 79.8 Å². The summed E-state index contributed by atoms with van der Waals surface area (Å²) in [7, 11) is -0.239. The van der Waals surface area contributed by atoms with Crippen LogP contribution in [-0.4, -0.2) is 55.8 Å². The molecule has 1 fully saturated rings. The highest BCUT2D eigenvalue weighted by Crippen LogP contribution is 2.31. The first-order chi connectivity index (χ1) is 15.3. The Morgan fingerprint density at radius 3 is 2.44 bits per heavy atom. The number of thiazole rings is 1. The number of hydrogen-bond acceptors (Lipinski definition) is 6. The third-order valence-electron chi connectivity index (χ3n) is 6.10. The van der Waals surface area contributed by atoms with Crippen LogP contribution in [-0.2, 0) is 14.8 Å². The van der Waals surface area contributed by atoms with Gasteiger partial charge in [-0.25, -0.2) is 13.4 Å². The van der Waals surface area contributed by atoms with Crippen LogP contribution in [0.1, 0.15) is 30.8 Å². The second kappa shape index (κ2) is 9.17. The molecule has 0 saturated carbocycles. The highest BCUT2D eigenvalue weighted by Gasteiger charge is 2.34. The Labute approximate surface area is 192 Å². The van der Waals surface area contributed by atoms with Crippen LogP contribution in [0.5, 0.6) is 5.75 Å². The number of nitrogens with zero attached hydrogens (tertiary/aromatic N) is 3. The first-order valence-electron chi connectivity index (χ1n) is 10.6. The van der Waals surface area contributed by atoms with E-state index in [0.29, 0.717) is 31.7 Å². The van der Waals surface area contributed by atoms with Crippen LogP contribution in [0.15, 0.2) is 53.4 Å². The molecule has 0 spiro atoms. The molecule has 0 aliphatic carbocycles. The van der Waals surface area contributed by atoms with E-state index in [9.17, 15) is 13.2 Å². The van der Waals surface area contributed by atoms with Crippen LogP contribution in [0.2, 0.25) is 0 Å². The smallest absolute Gasteiger partial charge is 0.243 e. The zero-order valence-electron chi connectivity index (χ0n) is 18.4. The number of rotatable bonds is 6. The van der Waals surface area contributed by atoms with Gasteiger partial charge in [0.15, 0.2) is 0 Å². The fraction of sp³-hybridized carbons (Fsp3) is 0.391. The maximum absolute atomic E-state index is 13.1. The Balaban J connectivity index is 1.40. The normalized spacial score (nSPS) is 16.7. The minimum atomic E-state index is -3.59. The number of hydrogen-bond donors (Lipinski definition) is 0. The largest absolute Gasteiger partial charge is 0.497 e. The second-order valence-corrected chi connectivity index (χ2v) is 11.0. The number of carbonyl (C=O) groups is 1. The number of aromatic nitrogens is 1. The summed E-state index contributed by atoms with van der Waals surface area (Å²) in [4.78, 5) is 19.8. The summed E-state index contributed by atoms with van der Waals surface area (Å²) in [5.74, 6) is 0.455. The van der Waals surface area contributed by atoms with Crippen LogP contribution in [0, 0.1) is 5.92 Å². The molecular weight excluding hydrogens is 446 g/mol. The summed E-state index contributed by atoms with van der Waals surface area (Å²) in [6.07, 6.45) is 1.01. The third kappa shape index (κ3) is 4.37. The minimum absolute atomic E-state index is 0.0400. The van der Waals surface area contributed by atoms with E-state index in [1.165, 1.54) is 4.31 Å². The molecule has 2 heterocycles. The van der Waals surface area contributed by atoms with Crippen molar-refractivity contribution in [1.29, 1.82) is 0 Å². The molecule has 1 saturated heterocycles. The number of para-hydroxylation sites is 1. The van der Waals surface area contributed by atoms with Crippen molar-refractivity contribution >= 4 is 37.5 Å². The number of benzene rings is 2. The van der Waals surface area contributed by atoms with Crippen molar-refractivity contribution < 1.29 is 17.9 Å². The molecule has 7 nitrogen and oxygen atoms in total. The molecule has 170 valence electrons. The van der Waals surface area contributed by atoms with Gasteiger partial charge in [-0.05, 0) is 56.2 Å². The molecule has 0 N–H and O–H groups in total. The van der Waals surface area contributed by atoms with E-state index >= 15 is 0 Å². The highest BCUT2D eigenvalue weighted by molar-refractivity contribution is 7.89. The Bertz CT molecular complexity index is 1170. The monoisotopic (exact) mass is 473 g/mol. The molecule has 1 amide bonds. The Hall–Kier alpha value is -2.49. The van der Waals surface area contributed by atoms with Gasteiger partial charge in [-0.3, -0.25) is 4.79 Å². The first kappa shape index (κ1) is 22.7. The summed E-state index contributed by atoms with van der Waals surface area (Å²) < 4.78 is 33.6. The van der Waals surface area contributed by atoms with E-state index in [1.54, 1.807) is 54.7 Å². The summed E-state index contributed by atoms with van der Waals surface area (Å²) >= 11 is 1.60. The van der Waals surface area contributed by atoms with Crippen molar-refractivity contribution in [2.24, 2.45) is 5.92 Å². The van der Waals surface area contributed by atoms with E-state index in [1.807, 2.05) is 31.2 Å². The summed E-state index contributed by atoms with van der Waals surface area (Å²) in [5, 5.41) is 0.904. The quantitative estimate of drug-likeness (QED) is 0.542. The van der Waals surface area contributed by atoms with E-state index in [-0.39, 0.29) is 22.8 Å². The molecule has 1 atom stereocenters. The van der Waals surface area contributed by atoms with Gasteiger partial charge in [-0.2, -0.15) is 4.31 Å². The van der Waals surface area contributed by atoms with Crippen LogP contribution in [0.4, 0.5) is 0 Å². The van der Waals surface area contributed by atoms with E-state index < -0.39 is 10.0 Å². The van der Waals surface area contributed by atoms with E-state index in [4.69, 9.17) is 4.74 Å². The lowest BCUT2D eigenvalue weighted by Gasteiger charge is -2.34. The van der Waals surface area contributed by atoms with Gasteiger partial charge in [0.25, 0.3) is 0 Å². The molecule has 0 radical (unpaired) electrons. The number of fused-ring (bicyclic) bond motifs is 1. The maximum Gasteiger partial charge on any atom is 0.243 e. The Kier molecular flexibility index (Phi) is 6.50. The van der Waals surface area contributed by atoms with Gasteiger partial charge in [0, 0.05) is 26.1 Å². The predicted octanol–water partition coefficient (Wildman–Crippen LogP) is 3.93. The molecule has 3 aromatic rings. The van der Waals surface area contributed by atoms with Gasteiger partial charge < -0.3 is 9.64 Å². The number of piperidine rings is 1. The lowest BCUT2D eigenvalue weighted by atomic mass is 9.96. The van der Waals surface area contributed by atoms with Gasteiger partial charge in [0.2, 0.25) is 15.9 Å². The second-order valence-electron chi connectivity index (χ2n) is 8.00. The summed E-state index contributed by atoms with van der Waals surface area (Å²) in [6.45, 7) is 2.64. The molecule has 0 bridgehead atoms. The van der Waals surface area contributed by atoms with Crippen molar-refractivity contribution in [3.8, 4) is 5.75 Å². The van der Waals surface area contributed by atoms with Crippen molar-refractivity contribution in [2.75, 3.05) is 27.2 Å². The van der Waals surface area contributed by atoms with Crippen molar-refractivity contribution in [2.45, 2.75) is 30.7 Å². The zero-order valence-corrected chi connectivity index (χ0v) is 20.0. The van der Waals surface area contributed by atoms with Crippen LogP contribution >= 0.6 is 11.3 Å². The Morgan fingerprint density at radius 1 is 1.16 bits per heavy atom. The van der Waals surface area contributed by atoms with Gasteiger partial charge in [0.1, 0.15) is 10.8 Å². The molecule has 4 rings (SSSR count). The molecule has 1 aromatic heterocycles. The van der Waals surface area contributed by atoms with E-state index in [2.05, 4.69) is 4.98 Å². The van der Waals surface area contributed by atoms with Gasteiger partial charge in [0.05, 0.1) is 28.3 Å². The van der Waals surface area contributed by atoms with Gasteiger partial charge in [-0.15, -0.1) is 11.3 Å². The number of sulfonamides is 1. The van der Waals surface area contributed by atoms with Crippen molar-refractivity contribution in [3.63, 3.8) is 0 Å². The van der Waals surface area contributed by atoms with Crippen LogP contribution in [0.3, 0.4) is 0 Å². The van der Waals surface area contributed by atoms with Gasteiger partial charge in [-0.1, -0.05) is 12.1 Å². The molecule has 32 heavy (non-hydrogen) atoms. The summed E-state index contributed by atoms with van der Waals surface area (Å²) in [6, 6.07) is 14.2. The fourth-order valence-corrected chi connectivity index (χ4v) is 6.49. The number of amides is 1. The van der Waals surface area contributed by atoms with Crippen LogP contribution < -0.4 is 4.74 Å². The lowest BCUT2D eigenvalue weighted by molar-refractivity contribution is -0.137. The average Bonchev–Trinajstić information content (AvgIpc) is 3.27. The molecule has 9 heteroatoms. The fourth-order valence-electron chi connectivity index (χ4n) is 3.95. The predicted molar refractivity (Wildman–Crippen MR) is 125 cm³/mol. The highest BCUT2D eigenvalue weighted by atomic mass is 32.2. The SMILES string of the molecule is COc1ccc(S(=O)(=O)N2CCC(C(=O)N(C)C(C)c3nc4ccccc4s3)CC2)cc1. The standard InChI is InChI=1S/C23H27N3O4S2/c1-16(22-24-20-6-4-5-7-21(20)31-22)25(2)23(27)17-12-14-26(15-13-17)32(28,29)19-10-8-18(30-3)9-11-19/h4-11,16-17H,12-15H2,1-3H3. The minimum Gasteiger partial charge on any atom is -0.497 e. The zero-order chi connectivity index (χ0) is 22.9. The number of methoxy groups -OCH3 is 1. The number of ether oxygens (including phenoxy) is 1. The third-order valence-corrected chi connectivity index (χ3v) is 9.22. The lowest BCUT2D eigenvalue weighted by Crippen LogP contribution is -2.43. The van der Waals surface area contributed by atoms with Crippen molar-refractivity contribution in [1.82, 2.24) is 14.2 Å². The van der Waals surface area contributed by atoms with Crippen LogP contribution in [0.25, 0.3) is 10.2 Å². The molecule has 2 aromatic carbocycles.